The molecule has 3 rings (SSSR count). The Morgan fingerprint density at radius 3 is 2.67 bits per heavy atom. The van der Waals surface area contributed by atoms with Crippen LogP contribution in [0.15, 0.2) is 46.1 Å². The predicted molar refractivity (Wildman–Crippen MR) is 102 cm³/mol. The lowest BCUT2D eigenvalue weighted by atomic mass is 10.2. The van der Waals surface area contributed by atoms with Crippen LogP contribution in [0.1, 0.15) is 12.5 Å². The molecule has 0 saturated carbocycles. The minimum atomic E-state index is -0.617. The van der Waals surface area contributed by atoms with Gasteiger partial charge in [0.15, 0.2) is 5.65 Å². The van der Waals surface area contributed by atoms with Crippen LogP contribution >= 0.6 is 0 Å². The number of carbonyl (C=O) groups excluding carboxylic acids is 1. The predicted octanol–water partition coefficient (Wildman–Crippen LogP) is 1.44. The van der Waals surface area contributed by atoms with Crippen molar-refractivity contribution in [2.75, 3.05) is 11.9 Å². The van der Waals surface area contributed by atoms with E-state index in [0.717, 1.165) is 10.1 Å². The van der Waals surface area contributed by atoms with E-state index in [-0.39, 0.29) is 11.0 Å². The standard InChI is InChI=1S/C19H20N4O4/c1-4-27-14-9-10-20-17-16(14)18(25)23(19(26)22(17)3)11-15(24)21-13-8-6-5-7-12(13)2/h5-10H,4,11H2,1-3H3,(H,21,24). The molecule has 0 atom stereocenters. The van der Waals surface area contributed by atoms with Crippen molar-refractivity contribution in [2.24, 2.45) is 7.05 Å². The van der Waals surface area contributed by atoms with Crippen LogP contribution < -0.4 is 21.3 Å². The molecule has 8 heteroatoms. The van der Waals surface area contributed by atoms with E-state index in [1.54, 1.807) is 25.1 Å². The van der Waals surface area contributed by atoms with Gasteiger partial charge in [0.2, 0.25) is 5.91 Å². The number of nitrogens with zero attached hydrogens (tertiary/aromatic N) is 3. The lowest BCUT2D eigenvalue weighted by Gasteiger charge is -2.13. The van der Waals surface area contributed by atoms with E-state index in [1.165, 1.54) is 17.8 Å². The molecule has 2 heterocycles. The highest BCUT2D eigenvalue weighted by atomic mass is 16.5. The molecule has 27 heavy (non-hydrogen) atoms. The van der Waals surface area contributed by atoms with Gasteiger partial charge in [0, 0.05) is 18.9 Å². The van der Waals surface area contributed by atoms with Crippen molar-refractivity contribution >= 4 is 22.6 Å². The maximum absolute atomic E-state index is 12.9. The molecular weight excluding hydrogens is 348 g/mol. The molecule has 3 aromatic rings. The lowest BCUT2D eigenvalue weighted by molar-refractivity contribution is -0.116. The smallest absolute Gasteiger partial charge is 0.332 e. The Hall–Kier alpha value is -3.42. The zero-order valence-electron chi connectivity index (χ0n) is 15.4. The minimum Gasteiger partial charge on any atom is -0.493 e. The molecule has 0 aliphatic rings. The molecule has 0 aliphatic carbocycles. The van der Waals surface area contributed by atoms with Crippen molar-refractivity contribution in [1.29, 1.82) is 0 Å². The molecule has 8 nitrogen and oxygen atoms in total. The Kier molecular flexibility index (Phi) is 5.07. The second-order valence-electron chi connectivity index (χ2n) is 6.04. The van der Waals surface area contributed by atoms with Crippen molar-refractivity contribution in [1.82, 2.24) is 14.1 Å². The molecule has 0 spiro atoms. The van der Waals surface area contributed by atoms with Gasteiger partial charge in [-0.1, -0.05) is 18.2 Å². The SMILES string of the molecule is CCOc1ccnc2c1c(=O)n(CC(=O)Nc1ccccc1C)c(=O)n2C. The molecule has 0 bridgehead atoms. The second kappa shape index (κ2) is 7.45. The third-order valence-electron chi connectivity index (χ3n) is 4.21. The fourth-order valence-electron chi connectivity index (χ4n) is 2.84. The van der Waals surface area contributed by atoms with Gasteiger partial charge in [0.05, 0.1) is 6.61 Å². The van der Waals surface area contributed by atoms with Crippen LogP contribution in [0, 0.1) is 6.92 Å². The minimum absolute atomic E-state index is 0.171. The third kappa shape index (κ3) is 3.46. The van der Waals surface area contributed by atoms with Gasteiger partial charge in [-0.25, -0.2) is 14.3 Å². The van der Waals surface area contributed by atoms with E-state index in [2.05, 4.69) is 10.3 Å². The fraction of sp³-hybridized carbons (Fsp3) is 0.263. The highest BCUT2D eigenvalue weighted by Gasteiger charge is 2.18. The van der Waals surface area contributed by atoms with Crippen LogP contribution in [0.4, 0.5) is 5.69 Å². The van der Waals surface area contributed by atoms with Crippen molar-refractivity contribution in [3.05, 3.63) is 62.9 Å². The number of fused-ring (bicyclic) bond motifs is 1. The van der Waals surface area contributed by atoms with Gasteiger partial charge in [-0.05, 0) is 31.5 Å². The van der Waals surface area contributed by atoms with Crippen molar-refractivity contribution in [3.63, 3.8) is 0 Å². The summed E-state index contributed by atoms with van der Waals surface area (Å²) in [6.45, 7) is 3.60. The first-order valence-corrected chi connectivity index (χ1v) is 8.50. The summed E-state index contributed by atoms with van der Waals surface area (Å²) >= 11 is 0. The summed E-state index contributed by atoms with van der Waals surface area (Å²) in [5.41, 5.74) is 0.502. The molecule has 1 amide bonds. The topological polar surface area (TPSA) is 95.2 Å². The van der Waals surface area contributed by atoms with Gasteiger partial charge in [0.1, 0.15) is 17.7 Å². The van der Waals surface area contributed by atoms with Crippen molar-refractivity contribution in [2.45, 2.75) is 20.4 Å². The van der Waals surface area contributed by atoms with Gasteiger partial charge < -0.3 is 10.1 Å². The molecular formula is C19H20N4O4. The van der Waals surface area contributed by atoms with Gasteiger partial charge in [-0.15, -0.1) is 0 Å². The average molecular weight is 368 g/mol. The van der Waals surface area contributed by atoms with Crippen LogP contribution in [0.25, 0.3) is 11.0 Å². The Morgan fingerprint density at radius 1 is 1.22 bits per heavy atom. The molecule has 1 aromatic carbocycles. The van der Waals surface area contributed by atoms with E-state index in [9.17, 15) is 14.4 Å². The third-order valence-corrected chi connectivity index (χ3v) is 4.21. The number of benzene rings is 1. The van der Waals surface area contributed by atoms with Crippen LogP contribution in [-0.2, 0) is 18.4 Å². The maximum atomic E-state index is 12.9. The van der Waals surface area contributed by atoms with Crippen LogP contribution in [0.2, 0.25) is 0 Å². The quantitative estimate of drug-likeness (QED) is 0.735. The Labute approximate surface area is 155 Å². The number of para-hydroxylation sites is 1. The number of rotatable bonds is 5. The summed E-state index contributed by atoms with van der Waals surface area (Å²) in [6, 6.07) is 8.83. The first kappa shape index (κ1) is 18.4. The summed E-state index contributed by atoms with van der Waals surface area (Å²) in [7, 11) is 1.50. The van der Waals surface area contributed by atoms with Crippen LogP contribution in [0.5, 0.6) is 5.75 Å². The maximum Gasteiger partial charge on any atom is 0.332 e. The number of aryl methyl sites for hydroxylation is 2. The molecule has 0 radical (unpaired) electrons. The van der Waals surface area contributed by atoms with Crippen molar-refractivity contribution in [3.8, 4) is 5.75 Å². The summed E-state index contributed by atoms with van der Waals surface area (Å²) in [6.07, 6.45) is 1.47. The van der Waals surface area contributed by atoms with Gasteiger partial charge in [-0.2, -0.15) is 0 Å². The second-order valence-corrected chi connectivity index (χ2v) is 6.04. The zero-order valence-corrected chi connectivity index (χ0v) is 15.4. The van der Waals surface area contributed by atoms with Gasteiger partial charge >= 0.3 is 5.69 Å². The van der Waals surface area contributed by atoms with Gasteiger partial charge in [0.25, 0.3) is 5.56 Å². The number of carbonyl (C=O) groups is 1. The summed E-state index contributed by atoms with van der Waals surface area (Å²) in [5.74, 6) is -0.138. The number of ether oxygens (including phenoxy) is 1. The summed E-state index contributed by atoms with van der Waals surface area (Å²) < 4.78 is 7.62. The highest BCUT2D eigenvalue weighted by molar-refractivity contribution is 5.91. The number of anilines is 1. The van der Waals surface area contributed by atoms with Crippen LogP contribution in [-0.4, -0.2) is 26.6 Å². The number of hydrogen-bond acceptors (Lipinski definition) is 5. The average Bonchev–Trinajstić information content (AvgIpc) is 2.65. The molecule has 140 valence electrons. The molecule has 1 N–H and O–H groups in total. The first-order valence-electron chi connectivity index (χ1n) is 8.50. The number of aromatic nitrogens is 3. The van der Waals surface area contributed by atoms with Crippen LogP contribution in [0.3, 0.4) is 0 Å². The van der Waals surface area contributed by atoms with E-state index in [1.807, 2.05) is 19.1 Å². The lowest BCUT2D eigenvalue weighted by Crippen LogP contribution is -2.42. The Morgan fingerprint density at radius 2 is 1.96 bits per heavy atom. The van der Waals surface area contributed by atoms with E-state index in [0.29, 0.717) is 18.0 Å². The number of hydrogen-bond donors (Lipinski definition) is 1. The van der Waals surface area contributed by atoms with Gasteiger partial charge in [-0.3, -0.25) is 14.2 Å². The normalized spacial score (nSPS) is 10.8. The fourth-order valence-corrected chi connectivity index (χ4v) is 2.84. The Balaban J connectivity index is 2.05. The monoisotopic (exact) mass is 368 g/mol. The molecule has 0 aliphatic heterocycles. The molecule has 0 saturated heterocycles. The van der Waals surface area contributed by atoms with Crippen molar-refractivity contribution < 1.29 is 9.53 Å². The number of amides is 1. The molecule has 0 fully saturated rings. The first-order chi connectivity index (χ1) is 12.9. The highest BCUT2D eigenvalue weighted by Crippen LogP contribution is 2.19. The Bertz CT molecular complexity index is 1130. The molecule has 2 aromatic heterocycles. The number of nitrogens with one attached hydrogen (secondary N) is 1. The largest absolute Gasteiger partial charge is 0.493 e. The molecule has 0 unspecified atom stereocenters. The summed E-state index contributed by atoms with van der Waals surface area (Å²) in [5, 5.41) is 2.90. The van der Waals surface area contributed by atoms with E-state index < -0.39 is 23.7 Å². The number of pyridine rings is 1. The summed E-state index contributed by atoms with van der Waals surface area (Å²) in [4.78, 5) is 42.0. The van der Waals surface area contributed by atoms with E-state index in [4.69, 9.17) is 4.74 Å². The zero-order chi connectivity index (χ0) is 19.6. The van der Waals surface area contributed by atoms with E-state index >= 15 is 0 Å².